The van der Waals surface area contributed by atoms with Gasteiger partial charge in [0.1, 0.15) is 6.04 Å². The zero-order chi connectivity index (χ0) is 20.5. The number of carbonyl (C=O) groups excluding carboxylic acids is 2. The van der Waals surface area contributed by atoms with Crippen LogP contribution in [0.5, 0.6) is 0 Å². The summed E-state index contributed by atoms with van der Waals surface area (Å²) < 4.78 is 0. The first-order valence-corrected chi connectivity index (χ1v) is 10.8. The molecule has 150 valence electrons. The lowest BCUT2D eigenvalue weighted by Gasteiger charge is -2.29. The van der Waals surface area contributed by atoms with E-state index in [0.717, 1.165) is 10.5 Å². The highest BCUT2D eigenvalue weighted by Crippen LogP contribution is 2.20. The number of carbonyl (C=O) groups is 2. The summed E-state index contributed by atoms with van der Waals surface area (Å²) in [5, 5.41) is 3.51. The van der Waals surface area contributed by atoms with Gasteiger partial charge in [0.25, 0.3) is 0 Å². The summed E-state index contributed by atoms with van der Waals surface area (Å²) in [6.07, 6.45) is 0.361. The van der Waals surface area contributed by atoms with Crippen LogP contribution in [0.15, 0.2) is 59.5 Å². The van der Waals surface area contributed by atoms with Crippen molar-refractivity contribution in [2.45, 2.75) is 50.7 Å². The number of thioether (sulfide) groups is 1. The quantitative estimate of drug-likeness (QED) is 0.597. The fourth-order valence-electron chi connectivity index (χ4n) is 2.74. The van der Waals surface area contributed by atoms with Crippen molar-refractivity contribution in [1.29, 1.82) is 0 Å². The molecule has 2 aromatic carbocycles. The van der Waals surface area contributed by atoms with Crippen LogP contribution in [0.2, 0.25) is 5.02 Å². The third-order valence-electron chi connectivity index (χ3n) is 4.17. The smallest absolute Gasteiger partial charge is 0.242 e. The van der Waals surface area contributed by atoms with Crippen molar-refractivity contribution < 1.29 is 9.59 Å². The Kier molecular flexibility index (Phi) is 8.87. The van der Waals surface area contributed by atoms with Gasteiger partial charge in [-0.2, -0.15) is 0 Å². The Morgan fingerprint density at radius 1 is 1.07 bits per heavy atom. The van der Waals surface area contributed by atoms with Gasteiger partial charge in [0.15, 0.2) is 0 Å². The monoisotopic (exact) mass is 418 g/mol. The Balaban J connectivity index is 2.07. The number of amides is 2. The molecule has 2 amide bonds. The van der Waals surface area contributed by atoms with Crippen molar-refractivity contribution in [3.05, 3.63) is 65.2 Å². The minimum Gasteiger partial charge on any atom is -0.352 e. The molecule has 1 unspecified atom stereocenters. The van der Waals surface area contributed by atoms with E-state index >= 15 is 0 Å². The van der Waals surface area contributed by atoms with Crippen molar-refractivity contribution in [2.24, 2.45) is 0 Å². The molecule has 0 spiro atoms. The van der Waals surface area contributed by atoms with Crippen LogP contribution in [0.3, 0.4) is 0 Å². The van der Waals surface area contributed by atoms with E-state index in [0.29, 0.717) is 23.7 Å². The molecule has 1 N–H and O–H groups in total. The molecule has 28 heavy (non-hydrogen) atoms. The Hall–Kier alpha value is -1.98. The fraction of sp³-hybridized carbons (Fsp3) is 0.364. The van der Waals surface area contributed by atoms with E-state index in [4.69, 9.17) is 11.6 Å². The second-order valence-electron chi connectivity index (χ2n) is 6.90. The summed E-state index contributed by atoms with van der Waals surface area (Å²) >= 11 is 7.72. The van der Waals surface area contributed by atoms with Crippen LogP contribution < -0.4 is 5.32 Å². The highest BCUT2D eigenvalue weighted by molar-refractivity contribution is 7.99. The lowest BCUT2D eigenvalue weighted by molar-refractivity contribution is -0.140. The van der Waals surface area contributed by atoms with Gasteiger partial charge in [0.2, 0.25) is 11.8 Å². The van der Waals surface area contributed by atoms with E-state index in [9.17, 15) is 9.59 Å². The van der Waals surface area contributed by atoms with Crippen LogP contribution in [0, 0.1) is 0 Å². The molecule has 0 aromatic heterocycles. The lowest BCUT2D eigenvalue weighted by Crippen LogP contribution is -2.49. The van der Waals surface area contributed by atoms with Gasteiger partial charge in [-0.05, 0) is 50.6 Å². The SMILES string of the molecule is CC(C)NC(=O)C(C)N(Cc1cccc(Cl)c1)C(=O)CCSc1ccccc1. The molecule has 0 fully saturated rings. The zero-order valence-electron chi connectivity index (χ0n) is 16.5. The molecule has 4 nitrogen and oxygen atoms in total. The molecular weight excluding hydrogens is 392 g/mol. The van der Waals surface area contributed by atoms with Gasteiger partial charge in [-0.15, -0.1) is 11.8 Å². The maximum Gasteiger partial charge on any atom is 0.242 e. The van der Waals surface area contributed by atoms with Crippen molar-refractivity contribution in [1.82, 2.24) is 10.2 Å². The van der Waals surface area contributed by atoms with E-state index in [1.54, 1.807) is 29.7 Å². The Morgan fingerprint density at radius 3 is 2.43 bits per heavy atom. The van der Waals surface area contributed by atoms with E-state index in [-0.39, 0.29) is 17.9 Å². The molecule has 0 saturated carbocycles. The predicted molar refractivity (Wildman–Crippen MR) is 117 cm³/mol. The summed E-state index contributed by atoms with van der Waals surface area (Å²) in [6, 6.07) is 16.8. The molecule has 0 aliphatic carbocycles. The highest BCUT2D eigenvalue weighted by atomic mass is 35.5. The summed E-state index contributed by atoms with van der Waals surface area (Å²) in [7, 11) is 0. The van der Waals surface area contributed by atoms with Gasteiger partial charge in [0.05, 0.1) is 0 Å². The molecule has 0 bridgehead atoms. The number of nitrogens with zero attached hydrogens (tertiary/aromatic N) is 1. The van der Waals surface area contributed by atoms with Crippen molar-refractivity contribution in [3.8, 4) is 0 Å². The van der Waals surface area contributed by atoms with Crippen LogP contribution in [-0.2, 0) is 16.1 Å². The first kappa shape index (κ1) is 22.3. The van der Waals surface area contributed by atoms with E-state index < -0.39 is 6.04 Å². The van der Waals surface area contributed by atoms with E-state index in [1.165, 1.54) is 0 Å². The van der Waals surface area contributed by atoms with Crippen LogP contribution in [0.4, 0.5) is 0 Å². The third kappa shape index (κ3) is 7.21. The molecular formula is C22H27ClN2O2S. The van der Waals surface area contributed by atoms with Crippen LogP contribution in [0.1, 0.15) is 32.8 Å². The molecule has 0 aliphatic heterocycles. The largest absolute Gasteiger partial charge is 0.352 e. The van der Waals surface area contributed by atoms with E-state index in [2.05, 4.69) is 5.32 Å². The van der Waals surface area contributed by atoms with Crippen LogP contribution >= 0.6 is 23.4 Å². The van der Waals surface area contributed by atoms with Crippen molar-refractivity contribution >= 4 is 35.2 Å². The number of benzene rings is 2. The highest BCUT2D eigenvalue weighted by Gasteiger charge is 2.26. The minimum atomic E-state index is -0.560. The van der Waals surface area contributed by atoms with Crippen molar-refractivity contribution in [3.63, 3.8) is 0 Å². The molecule has 1 atom stereocenters. The van der Waals surface area contributed by atoms with Gasteiger partial charge in [-0.25, -0.2) is 0 Å². The second kappa shape index (κ2) is 11.1. The topological polar surface area (TPSA) is 49.4 Å². The summed E-state index contributed by atoms with van der Waals surface area (Å²) in [5.74, 6) is 0.462. The van der Waals surface area contributed by atoms with Gasteiger partial charge >= 0.3 is 0 Å². The molecule has 0 aliphatic rings. The van der Waals surface area contributed by atoms with Gasteiger partial charge in [0, 0.05) is 34.7 Å². The molecule has 2 rings (SSSR count). The number of nitrogens with one attached hydrogen (secondary N) is 1. The van der Waals surface area contributed by atoms with Gasteiger partial charge < -0.3 is 10.2 Å². The van der Waals surface area contributed by atoms with Crippen LogP contribution in [0.25, 0.3) is 0 Å². The second-order valence-corrected chi connectivity index (χ2v) is 8.51. The fourth-order valence-corrected chi connectivity index (χ4v) is 3.81. The van der Waals surface area contributed by atoms with Gasteiger partial charge in [-0.3, -0.25) is 9.59 Å². The molecule has 0 saturated heterocycles. The first-order valence-electron chi connectivity index (χ1n) is 9.39. The number of hydrogen-bond acceptors (Lipinski definition) is 3. The maximum absolute atomic E-state index is 13.0. The summed E-state index contributed by atoms with van der Waals surface area (Å²) in [5.41, 5.74) is 0.903. The number of rotatable bonds is 9. The maximum atomic E-state index is 13.0. The third-order valence-corrected chi connectivity index (χ3v) is 5.42. The molecule has 0 radical (unpaired) electrons. The standard InChI is InChI=1S/C22H27ClN2O2S/c1-16(2)24-22(27)17(3)25(15-18-8-7-9-19(23)14-18)21(26)12-13-28-20-10-5-4-6-11-20/h4-11,14,16-17H,12-13,15H2,1-3H3,(H,24,27). The van der Waals surface area contributed by atoms with Crippen molar-refractivity contribution in [2.75, 3.05) is 5.75 Å². The lowest BCUT2D eigenvalue weighted by atomic mass is 10.1. The Labute approximate surface area is 176 Å². The van der Waals surface area contributed by atoms with Crippen LogP contribution in [-0.4, -0.2) is 34.6 Å². The Morgan fingerprint density at radius 2 is 1.79 bits per heavy atom. The van der Waals surface area contributed by atoms with Gasteiger partial charge in [-0.1, -0.05) is 41.9 Å². The zero-order valence-corrected chi connectivity index (χ0v) is 18.1. The number of hydrogen-bond donors (Lipinski definition) is 1. The summed E-state index contributed by atoms with van der Waals surface area (Å²) in [4.78, 5) is 28.2. The molecule has 6 heteroatoms. The average Bonchev–Trinajstić information content (AvgIpc) is 2.66. The summed E-state index contributed by atoms with van der Waals surface area (Å²) in [6.45, 7) is 5.93. The predicted octanol–water partition coefficient (Wildman–Crippen LogP) is 4.76. The molecule has 0 heterocycles. The number of halogens is 1. The van der Waals surface area contributed by atoms with E-state index in [1.807, 2.05) is 62.4 Å². The molecule has 2 aromatic rings. The minimum absolute atomic E-state index is 0.0201. The normalized spacial score (nSPS) is 11.9. The Bertz CT molecular complexity index is 783. The average molecular weight is 419 g/mol. The first-order chi connectivity index (χ1) is 13.4.